The molecule has 2 heterocycles. The van der Waals surface area contributed by atoms with Crippen LogP contribution in [0.5, 0.6) is 0 Å². The molecule has 1 amide bonds. The molecule has 2 N–H and O–H groups in total. The topological polar surface area (TPSA) is 90.2 Å². The zero-order valence-electron chi connectivity index (χ0n) is 14.7. The van der Waals surface area contributed by atoms with Gasteiger partial charge in [0.05, 0.1) is 12.0 Å². The third-order valence-electron chi connectivity index (χ3n) is 3.87. The van der Waals surface area contributed by atoms with Crippen LogP contribution in [0.4, 0.5) is 0 Å². The number of nitrogen functional groups attached to an aromatic ring is 1. The second kappa shape index (κ2) is 8.09. The van der Waals surface area contributed by atoms with Crippen LogP contribution in [-0.2, 0) is 11.3 Å². The summed E-state index contributed by atoms with van der Waals surface area (Å²) in [5.41, 5.74) is 1.10. The van der Waals surface area contributed by atoms with E-state index in [4.69, 9.17) is 10.3 Å². The fraction of sp³-hybridized carbons (Fsp3) is 0.278. The number of aromatic nitrogens is 3. The van der Waals surface area contributed by atoms with Gasteiger partial charge >= 0.3 is 0 Å². The van der Waals surface area contributed by atoms with Gasteiger partial charge in [-0.05, 0) is 31.5 Å². The van der Waals surface area contributed by atoms with Crippen LogP contribution in [0.25, 0.3) is 11.6 Å². The van der Waals surface area contributed by atoms with Crippen LogP contribution >= 0.6 is 11.8 Å². The van der Waals surface area contributed by atoms with Crippen molar-refractivity contribution >= 4 is 17.7 Å². The fourth-order valence-electron chi connectivity index (χ4n) is 2.50. The largest absolute Gasteiger partial charge is 0.461 e. The molecule has 0 fully saturated rings. The van der Waals surface area contributed by atoms with E-state index < -0.39 is 0 Å². The minimum absolute atomic E-state index is 0.0244. The number of nitrogens with two attached hydrogens (primary N) is 1. The molecule has 0 spiro atoms. The monoisotopic (exact) mass is 371 g/mol. The number of rotatable bonds is 7. The van der Waals surface area contributed by atoms with Gasteiger partial charge in [-0.2, -0.15) is 0 Å². The molecule has 0 unspecified atom stereocenters. The molecule has 0 saturated heterocycles. The van der Waals surface area contributed by atoms with Crippen molar-refractivity contribution in [3.63, 3.8) is 0 Å². The fourth-order valence-corrected chi connectivity index (χ4v) is 3.24. The van der Waals surface area contributed by atoms with Gasteiger partial charge in [0.2, 0.25) is 16.9 Å². The predicted molar refractivity (Wildman–Crippen MR) is 101 cm³/mol. The number of nitrogens with zero attached hydrogens (tertiary/aromatic N) is 4. The van der Waals surface area contributed by atoms with Crippen LogP contribution in [0.2, 0.25) is 0 Å². The lowest BCUT2D eigenvalue weighted by molar-refractivity contribution is -0.130. The first-order valence-electron chi connectivity index (χ1n) is 8.27. The number of thioether (sulfide) groups is 1. The van der Waals surface area contributed by atoms with Gasteiger partial charge in [0.15, 0.2) is 5.76 Å². The lowest BCUT2D eigenvalue weighted by atomic mass is 10.2. The van der Waals surface area contributed by atoms with Crippen LogP contribution in [0.3, 0.4) is 0 Å². The lowest BCUT2D eigenvalue weighted by Gasteiger charge is -2.26. The maximum Gasteiger partial charge on any atom is 0.233 e. The van der Waals surface area contributed by atoms with E-state index in [2.05, 4.69) is 10.2 Å². The third-order valence-corrected chi connectivity index (χ3v) is 4.80. The van der Waals surface area contributed by atoms with E-state index in [1.807, 2.05) is 49.1 Å². The first-order chi connectivity index (χ1) is 12.6. The Morgan fingerprint density at radius 1 is 1.23 bits per heavy atom. The molecular formula is C18H21N5O2S. The van der Waals surface area contributed by atoms with Gasteiger partial charge in [-0.3, -0.25) is 4.79 Å². The van der Waals surface area contributed by atoms with E-state index in [1.165, 1.54) is 16.4 Å². The zero-order chi connectivity index (χ0) is 18.5. The maximum absolute atomic E-state index is 12.7. The van der Waals surface area contributed by atoms with Crippen LogP contribution in [0, 0.1) is 0 Å². The smallest absolute Gasteiger partial charge is 0.233 e. The predicted octanol–water partition coefficient (Wildman–Crippen LogP) is 2.78. The Bertz CT molecular complexity index is 846. The molecule has 136 valence electrons. The average molecular weight is 371 g/mol. The van der Waals surface area contributed by atoms with Crippen LogP contribution < -0.4 is 5.84 Å². The van der Waals surface area contributed by atoms with Crippen molar-refractivity contribution in [2.24, 2.45) is 0 Å². The second-order valence-corrected chi connectivity index (χ2v) is 6.99. The van der Waals surface area contributed by atoms with Gasteiger partial charge in [-0.15, -0.1) is 10.2 Å². The van der Waals surface area contributed by atoms with Crippen molar-refractivity contribution < 1.29 is 9.21 Å². The highest BCUT2D eigenvalue weighted by Crippen LogP contribution is 2.22. The molecule has 0 atom stereocenters. The number of hydrogen-bond acceptors (Lipinski definition) is 6. The van der Waals surface area contributed by atoms with E-state index in [0.29, 0.717) is 23.3 Å². The highest BCUT2D eigenvalue weighted by atomic mass is 32.2. The third kappa shape index (κ3) is 4.08. The van der Waals surface area contributed by atoms with Crippen molar-refractivity contribution in [1.29, 1.82) is 0 Å². The number of furan rings is 1. The molecule has 1 aromatic carbocycles. The molecule has 2 aromatic heterocycles. The van der Waals surface area contributed by atoms with Gasteiger partial charge in [-0.1, -0.05) is 42.1 Å². The van der Waals surface area contributed by atoms with E-state index >= 15 is 0 Å². The van der Waals surface area contributed by atoms with Gasteiger partial charge in [0.25, 0.3) is 0 Å². The molecule has 8 heteroatoms. The molecule has 7 nitrogen and oxygen atoms in total. The zero-order valence-corrected chi connectivity index (χ0v) is 15.5. The Kier molecular flexibility index (Phi) is 5.62. The summed E-state index contributed by atoms with van der Waals surface area (Å²) in [6.45, 7) is 4.59. The Morgan fingerprint density at radius 2 is 2.00 bits per heavy atom. The first kappa shape index (κ1) is 18.1. The van der Waals surface area contributed by atoms with Crippen molar-refractivity contribution in [3.8, 4) is 11.6 Å². The molecule has 0 bridgehead atoms. The van der Waals surface area contributed by atoms with E-state index in [1.54, 1.807) is 18.4 Å². The van der Waals surface area contributed by atoms with E-state index in [9.17, 15) is 4.79 Å². The van der Waals surface area contributed by atoms with Crippen molar-refractivity contribution in [2.75, 3.05) is 11.6 Å². The minimum atomic E-state index is 0.0244. The molecule has 26 heavy (non-hydrogen) atoms. The quantitative estimate of drug-likeness (QED) is 0.507. The molecule has 0 aliphatic rings. The van der Waals surface area contributed by atoms with Gasteiger partial charge in [-0.25, -0.2) is 4.68 Å². The number of carbonyl (C=O) groups excluding carboxylic acids is 1. The summed E-state index contributed by atoms with van der Waals surface area (Å²) >= 11 is 1.26. The standard InChI is InChI=1S/C18H21N5O2S/c1-13(2)22(11-14-7-4-3-5-8-14)16(24)12-26-18-21-20-17(23(18)19)15-9-6-10-25-15/h3-10,13H,11-12,19H2,1-2H3. The van der Waals surface area contributed by atoms with Gasteiger partial charge < -0.3 is 15.2 Å². The summed E-state index contributed by atoms with van der Waals surface area (Å²) in [4.78, 5) is 14.5. The van der Waals surface area contributed by atoms with Crippen LogP contribution in [-0.4, -0.2) is 37.5 Å². The number of hydrogen-bond donors (Lipinski definition) is 1. The Balaban J connectivity index is 1.65. The molecule has 0 aliphatic heterocycles. The SMILES string of the molecule is CC(C)N(Cc1ccccc1)C(=O)CSc1nnc(-c2ccco2)n1N. The molecule has 0 aliphatic carbocycles. The van der Waals surface area contributed by atoms with Crippen molar-refractivity contribution in [3.05, 3.63) is 54.3 Å². The summed E-state index contributed by atoms with van der Waals surface area (Å²) in [5, 5.41) is 8.55. The maximum atomic E-state index is 12.7. The molecular weight excluding hydrogens is 350 g/mol. The number of amides is 1. The average Bonchev–Trinajstić information content (AvgIpc) is 3.28. The van der Waals surface area contributed by atoms with Crippen LogP contribution in [0.15, 0.2) is 58.3 Å². The summed E-state index contributed by atoms with van der Waals surface area (Å²) in [5.74, 6) is 7.24. The molecule has 3 aromatic rings. The molecule has 0 saturated carbocycles. The van der Waals surface area contributed by atoms with Gasteiger partial charge in [0, 0.05) is 12.6 Å². The highest BCUT2D eigenvalue weighted by Gasteiger charge is 2.20. The second-order valence-electron chi connectivity index (χ2n) is 6.04. The Morgan fingerprint density at radius 3 is 2.65 bits per heavy atom. The van der Waals surface area contributed by atoms with E-state index in [0.717, 1.165) is 5.56 Å². The first-order valence-corrected chi connectivity index (χ1v) is 9.25. The normalized spacial score (nSPS) is 11.0. The minimum Gasteiger partial charge on any atom is -0.461 e. The summed E-state index contributed by atoms with van der Waals surface area (Å²) in [7, 11) is 0. The molecule has 3 rings (SSSR count). The number of benzene rings is 1. The van der Waals surface area contributed by atoms with E-state index in [-0.39, 0.29) is 17.7 Å². The Hall–Kier alpha value is -2.74. The Labute approximate surface area is 156 Å². The molecule has 0 radical (unpaired) electrons. The summed E-state index contributed by atoms with van der Waals surface area (Å²) in [6, 6.07) is 13.5. The summed E-state index contributed by atoms with van der Waals surface area (Å²) in [6.07, 6.45) is 1.55. The lowest BCUT2D eigenvalue weighted by Crippen LogP contribution is -2.37. The van der Waals surface area contributed by atoms with Crippen LogP contribution in [0.1, 0.15) is 19.4 Å². The number of carbonyl (C=O) groups is 1. The summed E-state index contributed by atoms with van der Waals surface area (Å²) < 4.78 is 6.63. The highest BCUT2D eigenvalue weighted by molar-refractivity contribution is 7.99. The van der Waals surface area contributed by atoms with Crippen molar-refractivity contribution in [1.82, 2.24) is 19.8 Å². The van der Waals surface area contributed by atoms with Crippen molar-refractivity contribution in [2.45, 2.75) is 31.6 Å². The van der Waals surface area contributed by atoms with Gasteiger partial charge in [0.1, 0.15) is 0 Å².